The van der Waals surface area contributed by atoms with E-state index in [0.717, 1.165) is 0 Å². The number of aromatic hydroxyl groups is 1. The van der Waals surface area contributed by atoms with Gasteiger partial charge in [0.05, 0.1) is 0 Å². The van der Waals surface area contributed by atoms with Crippen molar-refractivity contribution in [3.05, 3.63) is 48.3 Å². The van der Waals surface area contributed by atoms with Gasteiger partial charge in [-0.15, -0.1) is 0 Å². The highest BCUT2D eigenvalue weighted by molar-refractivity contribution is 6.04. The standard InChI is InChI=1S/C13H14N2O2/c1-14-8-4-7-12(14)13(17)15(2)10-5-3-6-11(16)9-10/h3-9,16H,1-2H3. The molecule has 2 rings (SSSR count). The molecule has 0 aliphatic rings. The lowest BCUT2D eigenvalue weighted by Crippen LogP contribution is -2.27. The summed E-state index contributed by atoms with van der Waals surface area (Å²) in [5, 5.41) is 9.39. The molecule has 1 amide bonds. The Kier molecular flexibility index (Phi) is 2.87. The molecular weight excluding hydrogens is 216 g/mol. The van der Waals surface area contributed by atoms with Gasteiger partial charge in [0.1, 0.15) is 11.4 Å². The van der Waals surface area contributed by atoms with Crippen LogP contribution in [0.15, 0.2) is 42.6 Å². The average molecular weight is 230 g/mol. The number of carbonyl (C=O) groups excluding carboxylic acids is 1. The minimum atomic E-state index is -0.108. The van der Waals surface area contributed by atoms with E-state index in [9.17, 15) is 9.90 Å². The Labute approximate surface area is 99.7 Å². The third-order valence-corrected chi connectivity index (χ3v) is 2.68. The number of hydrogen-bond donors (Lipinski definition) is 1. The monoisotopic (exact) mass is 230 g/mol. The summed E-state index contributed by atoms with van der Waals surface area (Å²) < 4.78 is 1.77. The van der Waals surface area contributed by atoms with Crippen molar-refractivity contribution in [2.24, 2.45) is 7.05 Å². The zero-order valence-electron chi connectivity index (χ0n) is 9.79. The molecule has 0 radical (unpaired) electrons. The van der Waals surface area contributed by atoms with Crippen molar-refractivity contribution in [3.63, 3.8) is 0 Å². The van der Waals surface area contributed by atoms with Gasteiger partial charge in [0.15, 0.2) is 0 Å². The van der Waals surface area contributed by atoms with Gasteiger partial charge in [0.2, 0.25) is 0 Å². The fourth-order valence-corrected chi connectivity index (χ4v) is 1.67. The van der Waals surface area contributed by atoms with Gasteiger partial charge < -0.3 is 14.6 Å². The molecule has 0 saturated carbocycles. The number of amides is 1. The number of aromatic nitrogens is 1. The minimum absolute atomic E-state index is 0.108. The lowest BCUT2D eigenvalue weighted by molar-refractivity contribution is 0.0985. The summed E-state index contributed by atoms with van der Waals surface area (Å²) in [6.07, 6.45) is 1.82. The molecule has 0 fully saturated rings. The maximum atomic E-state index is 12.2. The maximum absolute atomic E-state index is 12.2. The van der Waals surface area contributed by atoms with Gasteiger partial charge in [-0.1, -0.05) is 6.07 Å². The van der Waals surface area contributed by atoms with Crippen molar-refractivity contribution in [2.45, 2.75) is 0 Å². The van der Waals surface area contributed by atoms with Crippen molar-refractivity contribution < 1.29 is 9.90 Å². The lowest BCUT2D eigenvalue weighted by atomic mass is 10.2. The number of anilines is 1. The first-order valence-electron chi connectivity index (χ1n) is 5.28. The van der Waals surface area contributed by atoms with E-state index in [-0.39, 0.29) is 11.7 Å². The summed E-state index contributed by atoms with van der Waals surface area (Å²) in [5.41, 5.74) is 1.27. The zero-order valence-corrected chi connectivity index (χ0v) is 9.79. The van der Waals surface area contributed by atoms with Gasteiger partial charge in [0.25, 0.3) is 5.91 Å². The van der Waals surface area contributed by atoms with Crippen LogP contribution in [-0.2, 0) is 7.05 Å². The molecule has 0 aliphatic heterocycles. The molecule has 17 heavy (non-hydrogen) atoms. The summed E-state index contributed by atoms with van der Waals surface area (Å²) in [7, 11) is 3.51. The quantitative estimate of drug-likeness (QED) is 0.857. The molecule has 0 aliphatic carbocycles. The van der Waals surface area contributed by atoms with Gasteiger partial charge in [-0.2, -0.15) is 0 Å². The Bertz CT molecular complexity index is 546. The second-order valence-corrected chi connectivity index (χ2v) is 3.89. The second kappa shape index (κ2) is 4.33. The average Bonchev–Trinajstić information content (AvgIpc) is 2.73. The van der Waals surface area contributed by atoms with E-state index in [4.69, 9.17) is 0 Å². The van der Waals surface area contributed by atoms with Crippen LogP contribution in [0.5, 0.6) is 5.75 Å². The molecule has 1 heterocycles. The number of rotatable bonds is 2. The normalized spacial score (nSPS) is 10.2. The predicted molar refractivity (Wildman–Crippen MR) is 66.3 cm³/mol. The van der Waals surface area contributed by atoms with E-state index >= 15 is 0 Å². The number of phenolic OH excluding ortho intramolecular Hbond substituents is 1. The second-order valence-electron chi connectivity index (χ2n) is 3.89. The van der Waals surface area contributed by atoms with Gasteiger partial charge in [-0.3, -0.25) is 4.79 Å². The Morgan fingerprint density at radius 2 is 2.06 bits per heavy atom. The maximum Gasteiger partial charge on any atom is 0.274 e. The van der Waals surface area contributed by atoms with Crippen molar-refractivity contribution in [1.82, 2.24) is 4.57 Å². The summed E-state index contributed by atoms with van der Waals surface area (Å²) >= 11 is 0. The van der Waals surface area contributed by atoms with Crippen molar-refractivity contribution in [2.75, 3.05) is 11.9 Å². The van der Waals surface area contributed by atoms with Crippen LogP contribution in [0.2, 0.25) is 0 Å². The third-order valence-electron chi connectivity index (χ3n) is 2.68. The topological polar surface area (TPSA) is 45.5 Å². The molecule has 0 atom stereocenters. The van der Waals surface area contributed by atoms with Gasteiger partial charge in [-0.05, 0) is 24.3 Å². The summed E-state index contributed by atoms with van der Waals surface area (Å²) in [6, 6.07) is 10.2. The number of nitrogens with zero attached hydrogens (tertiary/aromatic N) is 2. The smallest absolute Gasteiger partial charge is 0.274 e. The molecule has 0 bridgehead atoms. The first kappa shape index (κ1) is 11.3. The largest absolute Gasteiger partial charge is 0.508 e. The van der Waals surface area contributed by atoms with E-state index in [1.165, 1.54) is 4.90 Å². The number of hydrogen-bond acceptors (Lipinski definition) is 2. The van der Waals surface area contributed by atoms with Crippen LogP contribution in [0.1, 0.15) is 10.5 Å². The highest BCUT2D eigenvalue weighted by Gasteiger charge is 2.15. The molecule has 1 N–H and O–H groups in total. The molecule has 0 spiro atoms. The van der Waals surface area contributed by atoms with E-state index in [1.807, 2.05) is 19.3 Å². The molecule has 0 unspecified atom stereocenters. The van der Waals surface area contributed by atoms with Crippen LogP contribution in [0, 0.1) is 0 Å². The summed E-state index contributed by atoms with van der Waals surface area (Å²) in [4.78, 5) is 13.7. The van der Waals surface area contributed by atoms with Crippen LogP contribution >= 0.6 is 0 Å². The van der Waals surface area contributed by atoms with Crippen molar-refractivity contribution >= 4 is 11.6 Å². The first-order valence-corrected chi connectivity index (χ1v) is 5.28. The Morgan fingerprint density at radius 3 is 2.65 bits per heavy atom. The van der Waals surface area contributed by atoms with Gasteiger partial charge in [0, 0.05) is 32.0 Å². The van der Waals surface area contributed by atoms with Crippen LogP contribution in [0.3, 0.4) is 0 Å². The van der Waals surface area contributed by atoms with E-state index < -0.39 is 0 Å². The highest BCUT2D eigenvalue weighted by Crippen LogP contribution is 2.20. The summed E-state index contributed by atoms with van der Waals surface area (Å²) in [5.74, 6) is 0.0390. The highest BCUT2D eigenvalue weighted by atomic mass is 16.3. The van der Waals surface area contributed by atoms with Crippen molar-refractivity contribution in [1.29, 1.82) is 0 Å². The fourth-order valence-electron chi connectivity index (χ4n) is 1.67. The molecule has 0 saturated heterocycles. The number of phenols is 1. The Morgan fingerprint density at radius 1 is 1.29 bits per heavy atom. The Hall–Kier alpha value is -2.23. The first-order chi connectivity index (χ1) is 8.09. The molecule has 2 aromatic rings. The number of carbonyl (C=O) groups is 1. The third kappa shape index (κ3) is 2.15. The number of benzene rings is 1. The van der Waals surface area contributed by atoms with E-state index in [0.29, 0.717) is 11.4 Å². The lowest BCUT2D eigenvalue weighted by Gasteiger charge is -2.17. The van der Waals surface area contributed by atoms with Gasteiger partial charge >= 0.3 is 0 Å². The molecule has 88 valence electrons. The molecule has 1 aromatic heterocycles. The molecule has 4 heteroatoms. The minimum Gasteiger partial charge on any atom is -0.508 e. The summed E-state index contributed by atoms with van der Waals surface area (Å²) in [6.45, 7) is 0. The van der Waals surface area contributed by atoms with Crippen molar-refractivity contribution in [3.8, 4) is 5.75 Å². The zero-order chi connectivity index (χ0) is 12.4. The number of aryl methyl sites for hydroxylation is 1. The van der Waals surface area contributed by atoms with Crippen LogP contribution in [-0.4, -0.2) is 22.6 Å². The van der Waals surface area contributed by atoms with Crippen LogP contribution < -0.4 is 4.90 Å². The Balaban J connectivity index is 2.30. The molecular formula is C13H14N2O2. The molecule has 1 aromatic carbocycles. The van der Waals surface area contributed by atoms with Crippen LogP contribution in [0.25, 0.3) is 0 Å². The van der Waals surface area contributed by atoms with E-state index in [2.05, 4.69) is 0 Å². The predicted octanol–water partition coefficient (Wildman–Crippen LogP) is 2.01. The SMILES string of the molecule is CN(C(=O)c1cccn1C)c1cccc(O)c1. The molecule has 4 nitrogen and oxygen atoms in total. The van der Waals surface area contributed by atoms with Gasteiger partial charge in [-0.25, -0.2) is 0 Å². The fraction of sp³-hybridized carbons (Fsp3) is 0.154. The van der Waals surface area contributed by atoms with E-state index in [1.54, 1.807) is 41.9 Å². The van der Waals surface area contributed by atoms with Crippen LogP contribution in [0.4, 0.5) is 5.69 Å².